The summed E-state index contributed by atoms with van der Waals surface area (Å²) in [6.07, 6.45) is 0.773. The summed E-state index contributed by atoms with van der Waals surface area (Å²) < 4.78 is 25.5. The van der Waals surface area contributed by atoms with Gasteiger partial charge in [0.15, 0.2) is 11.6 Å². The first-order chi connectivity index (χ1) is 7.66. The molecule has 6 heteroatoms. The van der Waals surface area contributed by atoms with E-state index in [4.69, 9.17) is 0 Å². The quantitative estimate of drug-likeness (QED) is 0.855. The lowest BCUT2D eigenvalue weighted by Crippen LogP contribution is -2.24. The fourth-order valence-electron chi connectivity index (χ4n) is 1.70. The van der Waals surface area contributed by atoms with Crippen molar-refractivity contribution in [3.8, 4) is 0 Å². The molecule has 3 nitrogen and oxygen atoms in total. The van der Waals surface area contributed by atoms with Gasteiger partial charge < -0.3 is 10.6 Å². The van der Waals surface area contributed by atoms with Gasteiger partial charge in [0.25, 0.3) is 0 Å². The van der Waals surface area contributed by atoms with Crippen molar-refractivity contribution in [2.45, 2.75) is 6.42 Å². The summed E-state index contributed by atoms with van der Waals surface area (Å²) in [4.78, 5) is 11.6. The molecule has 0 radical (unpaired) electrons. The van der Waals surface area contributed by atoms with E-state index in [0.29, 0.717) is 6.54 Å². The van der Waals surface area contributed by atoms with Gasteiger partial charge in [0.2, 0.25) is 5.91 Å². The zero-order chi connectivity index (χ0) is 11.5. The Morgan fingerprint density at radius 1 is 1.35 bits per heavy atom. The van der Waals surface area contributed by atoms with Gasteiger partial charge in [-0.2, -0.15) is 0 Å². The van der Waals surface area contributed by atoms with Crippen molar-refractivity contribution in [3.63, 3.8) is 0 Å². The molecule has 0 unspecified atom stereocenters. The molecule has 2 rings (SSSR count). The summed E-state index contributed by atoms with van der Waals surface area (Å²) in [5.41, 5.74) is 0.288. The molecule has 2 N–H and O–H groups in total. The van der Waals surface area contributed by atoms with Gasteiger partial charge >= 0.3 is 0 Å². The first kappa shape index (κ1) is 13.9. The summed E-state index contributed by atoms with van der Waals surface area (Å²) in [5, 5.41) is 5.63. The minimum Gasteiger partial charge on any atom is -0.326 e. The second-order valence-electron chi connectivity index (χ2n) is 3.81. The molecular formula is C11H13ClF2N2O. The van der Waals surface area contributed by atoms with Crippen LogP contribution in [-0.2, 0) is 4.79 Å². The zero-order valence-electron chi connectivity index (χ0n) is 9.00. The number of anilines is 1. The summed E-state index contributed by atoms with van der Waals surface area (Å²) in [7, 11) is 0. The molecule has 94 valence electrons. The van der Waals surface area contributed by atoms with E-state index >= 15 is 0 Å². The van der Waals surface area contributed by atoms with Gasteiger partial charge in [-0.1, -0.05) is 0 Å². The van der Waals surface area contributed by atoms with Crippen LogP contribution in [0.1, 0.15) is 6.42 Å². The Morgan fingerprint density at radius 3 is 2.71 bits per heavy atom. The summed E-state index contributed by atoms with van der Waals surface area (Å²) in [6, 6.07) is 3.33. The van der Waals surface area contributed by atoms with Crippen molar-refractivity contribution in [2.75, 3.05) is 18.4 Å². The third-order valence-corrected chi connectivity index (χ3v) is 2.62. The predicted molar refractivity (Wildman–Crippen MR) is 63.2 cm³/mol. The molecule has 1 atom stereocenters. The highest BCUT2D eigenvalue weighted by Crippen LogP contribution is 2.15. The molecule has 1 aliphatic heterocycles. The zero-order valence-corrected chi connectivity index (χ0v) is 9.82. The third-order valence-electron chi connectivity index (χ3n) is 2.62. The van der Waals surface area contributed by atoms with Gasteiger partial charge in [-0.15, -0.1) is 12.4 Å². The van der Waals surface area contributed by atoms with E-state index in [2.05, 4.69) is 10.6 Å². The van der Waals surface area contributed by atoms with Crippen LogP contribution in [0.15, 0.2) is 18.2 Å². The molecule has 0 aliphatic carbocycles. The molecule has 17 heavy (non-hydrogen) atoms. The second kappa shape index (κ2) is 5.93. The fourth-order valence-corrected chi connectivity index (χ4v) is 1.70. The highest BCUT2D eigenvalue weighted by atomic mass is 35.5. The molecule has 1 aliphatic rings. The van der Waals surface area contributed by atoms with Crippen LogP contribution in [0.5, 0.6) is 0 Å². The van der Waals surface area contributed by atoms with E-state index in [1.165, 1.54) is 6.07 Å². The van der Waals surface area contributed by atoms with Crippen LogP contribution < -0.4 is 10.6 Å². The molecule has 0 spiro atoms. The maximum atomic E-state index is 12.9. The predicted octanol–water partition coefficient (Wildman–Crippen LogP) is 1.93. The normalized spacial score (nSPS) is 18.6. The lowest BCUT2D eigenvalue weighted by molar-refractivity contribution is -0.119. The maximum absolute atomic E-state index is 12.9. The average molecular weight is 263 g/mol. The molecule has 1 aromatic rings. The lowest BCUT2D eigenvalue weighted by atomic mass is 10.1. The van der Waals surface area contributed by atoms with Crippen molar-refractivity contribution in [1.29, 1.82) is 0 Å². The Balaban J connectivity index is 0.00000144. The van der Waals surface area contributed by atoms with Crippen LogP contribution in [0.25, 0.3) is 0 Å². The van der Waals surface area contributed by atoms with Crippen molar-refractivity contribution >= 4 is 24.0 Å². The number of halogens is 3. The largest absolute Gasteiger partial charge is 0.326 e. The van der Waals surface area contributed by atoms with Crippen molar-refractivity contribution in [1.82, 2.24) is 5.32 Å². The van der Waals surface area contributed by atoms with Crippen molar-refractivity contribution in [3.05, 3.63) is 29.8 Å². The van der Waals surface area contributed by atoms with Crippen LogP contribution in [0.3, 0.4) is 0 Å². The molecule has 1 saturated heterocycles. The Kier molecular flexibility index (Phi) is 4.84. The number of nitrogens with one attached hydrogen (secondary N) is 2. The maximum Gasteiger partial charge on any atom is 0.228 e. The molecule has 1 heterocycles. The van der Waals surface area contributed by atoms with E-state index in [9.17, 15) is 13.6 Å². The summed E-state index contributed by atoms with van der Waals surface area (Å²) in [5.74, 6) is -2.12. The molecule has 1 amide bonds. The van der Waals surface area contributed by atoms with Gasteiger partial charge in [-0.25, -0.2) is 8.78 Å². The van der Waals surface area contributed by atoms with Crippen LogP contribution >= 0.6 is 12.4 Å². The number of hydrogen-bond donors (Lipinski definition) is 2. The minimum atomic E-state index is -0.956. The van der Waals surface area contributed by atoms with Crippen molar-refractivity contribution in [2.24, 2.45) is 5.92 Å². The van der Waals surface area contributed by atoms with Gasteiger partial charge in [-0.3, -0.25) is 4.79 Å². The second-order valence-corrected chi connectivity index (χ2v) is 3.81. The van der Waals surface area contributed by atoms with E-state index in [1.807, 2.05) is 0 Å². The van der Waals surface area contributed by atoms with E-state index in [1.54, 1.807) is 0 Å². The van der Waals surface area contributed by atoms with Crippen LogP contribution in [0.4, 0.5) is 14.5 Å². The van der Waals surface area contributed by atoms with E-state index in [-0.39, 0.29) is 29.9 Å². The molecule has 0 saturated carbocycles. The summed E-state index contributed by atoms with van der Waals surface area (Å²) >= 11 is 0. The van der Waals surface area contributed by atoms with Gasteiger partial charge in [-0.05, 0) is 25.1 Å². The Hall–Kier alpha value is -1.20. The molecule has 1 fully saturated rings. The van der Waals surface area contributed by atoms with Crippen LogP contribution in [0, 0.1) is 17.6 Å². The first-order valence-electron chi connectivity index (χ1n) is 5.13. The van der Waals surface area contributed by atoms with Gasteiger partial charge in [0, 0.05) is 18.3 Å². The molecule has 1 aromatic carbocycles. The van der Waals surface area contributed by atoms with Crippen LogP contribution in [0.2, 0.25) is 0 Å². The lowest BCUT2D eigenvalue weighted by Gasteiger charge is -2.09. The average Bonchev–Trinajstić information content (AvgIpc) is 2.77. The number of hydrogen-bond acceptors (Lipinski definition) is 2. The highest BCUT2D eigenvalue weighted by molar-refractivity contribution is 5.92. The Bertz CT molecular complexity index is 408. The fraction of sp³-hybridized carbons (Fsp3) is 0.364. The van der Waals surface area contributed by atoms with E-state index < -0.39 is 11.6 Å². The van der Waals surface area contributed by atoms with Crippen molar-refractivity contribution < 1.29 is 13.6 Å². The highest BCUT2D eigenvalue weighted by Gasteiger charge is 2.22. The number of benzene rings is 1. The smallest absolute Gasteiger partial charge is 0.228 e. The van der Waals surface area contributed by atoms with Crippen LogP contribution in [-0.4, -0.2) is 19.0 Å². The van der Waals surface area contributed by atoms with Gasteiger partial charge in [0.05, 0.1) is 5.92 Å². The monoisotopic (exact) mass is 262 g/mol. The first-order valence-corrected chi connectivity index (χ1v) is 5.13. The topological polar surface area (TPSA) is 41.1 Å². The number of carbonyl (C=O) groups excluding carboxylic acids is 1. The van der Waals surface area contributed by atoms with Gasteiger partial charge in [0.1, 0.15) is 0 Å². The van der Waals surface area contributed by atoms with E-state index in [0.717, 1.165) is 25.1 Å². The third kappa shape index (κ3) is 3.38. The number of amides is 1. The SMILES string of the molecule is Cl.O=C(Nc1ccc(F)c(F)c1)[C@H]1CCNC1. The minimum absolute atomic E-state index is 0. The number of rotatable bonds is 2. The standard InChI is InChI=1S/C11H12F2N2O.ClH/c12-9-2-1-8(5-10(9)13)15-11(16)7-3-4-14-6-7;/h1-2,5,7,14H,3-4,6H2,(H,15,16);1H/t7-;/m0./s1. The molecule has 0 bridgehead atoms. The molecular weight excluding hydrogens is 250 g/mol. The Morgan fingerprint density at radius 2 is 2.12 bits per heavy atom. The summed E-state index contributed by atoms with van der Waals surface area (Å²) in [6.45, 7) is 1.45. The Labute approximate surface area is 104 Å². The molecule has 0 aromatic heterocycles. The number of carbonyl (C=O) groups is 1.